The van der Waals surface area contributed by atoms with Crippen LogP contribution in [0, 0.1) is 0 Å². The number of hydrogen-bond acceptors (Lipinski definition) is 2. The summed E-state index contributed by atoms with van der Waals surface area (Å²) in [5, 5.41) is 6.08. The molecule has 0 spiro atoms. The summed E-state index contributed by atoms with van der Waals surface area (Å²) in [7, 11) is 4.13. The van der Waals surface area contributed by atoms with E-state index >= 15 is 0 Å². The minimum Gasteiger partial charge on any atom is -0.338 e. The van der Waals surface area contributed by atoms with Crippen LogP contribution in [0.1, 0.15) is 31.2 Å². The lowest BCUT2D eigenvalue weighted by molar-refractivity contribution is 0.235. The fourth-order valence-electron chi connectivity index (χ4n) is 2.38. The summed E-state index contributed by atoms with van der Waals surface area (Å²) in [5.41, 5.74) is 1.09. The summed E-state index contributed by atoms with van der Waals surface area (Å²) in [6.07, 6.45) is 4.19. The van der Waals surface area contributed by atoms with Gasteiger partial charge in [0, 0.05) is 6.54 Å². The van der Waals surface area contributed by atoms with Crippen molar-refractivity contribution >= 4 is 6.03 Å². The van der Waals surface area contributed by atoms with Crippen LogP contribution in [0.2, 0.25) is 0 Å². The third-order valence-electron chi connectivity index (χ3n) is 3.75. The Bertz CT molecular complexity index is 427. The second kappa shape index (κ2) is 6.75. The molecule has 0 saturated heterocycles. The molecule has 0 aromatic heterocycles. The van der Waals surface area contributed by atoms with Crippen molar-refractivity contribution in [1.82, 2.24) is 15.5 Å². The third kappa shape index (κ3) is 4.23. The molecule has 0 heterocycles. The largest absolute Gasteiger partial charge is 0.338 e. The van der Waals surface area contributed by atoms with Crippen molar-refractivity contribution in [2.45, 2.75) is 31.2 Å². The lowest BCUT2D eigenvalue weighted by atomic mass is 10.1. The standard InChI is InChI=1S/C16H25N3O/c1-19(2)13-7-6-12-17-15(20)18-16(10-11-16)14-8-4-3-5-9-14/h3-5,8-9H,6-7,10-13H2,1-2H3,(H2,17,18,20). The molecule has 0 unspecified atom stereocenters. The van der Waals surface area contributed by atoms with Gasteiger partial charge in [-0.25, -0.2) is 4.79 Å². The third-order valence-corrected chi connectivity index (χ3v) is 3.75. The maximum absolute atomic E-state index is 11.9. The first-order valence-corrected chi connectivity index (χ1v) is 7.39. The maximum atomic E-state index is 11.9. The molecule has 1 aliphatic carbocycles. The molecule has 2 rings (SSSR count). The summed E-state index contributed by atoms with van der Waals surface area (Å²) < 4.78 is 0. The van der Waals surface area contributed by atoms with E-state index in [2.05, 4.69) is 41.8 Å². The molecule has 1 aromatic rings. The molecule has 0 bridgehead atoms. The highest BCUT2D eigenvalue weighted by molar-refractivity contribution is 5.75. The Balaban J connectivity index is 1.70. The predicted octanol–water partition coefficient (Wildman–Crippen LogP) is 2.32. The molecule has 1 fully saturated rings. The van der Waals surface area contributed by atoms with Gasteiger partial charge >= 0.3 is 6.03 Å². The molecule has 1 aromatic carbocycles. The summed E-state index contributed by atoms with van der Waals surface area (Å²) in [5.74, 6) is 0. The Morgan fingerprint density at radius 1 is 1.20 bits per heavy atom. The van der Waals surface area contributed by atoms with Crippen LogP contribution in [0.25, 0.3) is 0 Å². The number of nitrogens with zero attached hydrogens (tertiary/aromatic N) is 1. The maximum Gasteiger partial charge on any atom is 0.315 e. The van der Waals surface area contributed by atoms with Crippen molar-refractivity contribution in [3.63, 3.8) is 0 Å². The van der Waals surface area contributed by atoms with Crippen molar-refractivity contribution < 1.29 is 4.79 Å². The first-order chi connectivity index (χ1) is 9.62. The van der Waals surface area contributed by atoms with Gasteiger partial charge in [-0.15, -0.1) is 0 Å². The Morgan fingerprint density at radius 2 is 1.90 bits per heavy atom. The second-order valence-corrected chi connectivity index (χ2v) is 5.84. The van der Waals surface area contributed by atoms with Gasteiger partial charge in [-0.2, -0.15) is 0 Å². The molecule has 1 aliphatic rings. The Hall–Kier alpha value is -1.55. The van der Waals surface area contributed by atoms with Gasteiger partial charge in [-0.05, 0) is 51.9 Å². The quantitative estimate of drug-likeness (QED) is 0.750. The van der Waals surface area contributed by atoms with E-state index in [0.717, 1.165) is 38.8 Å². The van der Waals surface area contributed by atoms with E-state index in [-0.39, 0.29) is 11.6 Å². The number of hydrogen-bond donors (Lipinski definition) is 2. The second-order valence-electron chi connectivity index (χ2n) is 5.84. The molecule has 4 heteroatoms. The van der Waals surface area contributed by atoms with Gasteiger partial charge in [0.2, 0.25) is 0 Å². The van der Waals surface area contributed by atoms with E-state index in [9.17, 15) is 4.79 Å². The molecule has 110 valence electrons. The van der Waals surface area contributed by atoms with E-state index < -0.39 is 0 Å². The summed E-state index contributed by atoms with van der Waals surface area (Å²) >= 11 is 0. The number of benzene rings is 1. The smallest absolute Gasteiger partial charge is 0.315 e. The number of urea groups is 1. The fourth-order valence-corrected chi connectivity index (χ4v) is 2.38. The average Bonchev–Trinajstić information content (AvgIpc) is 3.20. The highest BCUT2D eigenvalue weighted by atomic mass is 16.2. The van der Waals surface area contributed by atoms with Crippen LogP contribution < -0.4 is 10.6 Å². The molecular weight excluding hydrogens is 250 g/mol. The number of rotatable bonds is 7. The zero-order valence-corrected chi connectivity index (χ0v) is 12.5. The van der Waals surface area contributed by atoms with Crippen LogP contribution >= 0.6 is 0 Å². The number of amides is 2. The Labute approximate surface area is 121 Å². The first-order valence-electron chi connectivity index (χ1n) is 7.39. The molecule has 0 radical (unpaired) electrons. The number of unbranched alkanes of at least 4 members (excludes halogenated alkanes) is 1. The zero-order valence-electron chi connectivity index (χ0n) is 12.5. The van der Waals surface area contributed by atoms with Crippen molar-refractivity contribution in [3.05, 3.63) is 35.9 Å². The van der Waals surface area contributed by atoms with Crippen LogP contribution in [0.3, 0.4) is 0 Å². The van der Waals surface area contributed by atoms with Crippen molar-refractivity contribution in [3.8, 4) is 0 Å². The van der Waals surface area contributed by atoms with Gasteiger partial charge in [-0.3, -0.25) is 0 Å². The minimum absolute atomic E-state index is 0.0452. The number of nitrogens with one attached hydrogen (secondary N) is 2. The van der Waals surface area contributed by atoms with Gasteiger partial charge in [-0.1, -0.05) is 30.3 Å². The lowest BCUT2D eigenvalue weighted by Crippen LogP contribution is -2.42. The average molecular weight is 275 g/mol. The van der Waals surface area contributed by atoms with Gasteiger partial charge in [0.1, 0.15) is 0 Å². The molecule has 0 aliphatic heterocycles. The van der Waals surface area contributed by atoms with E-state index in [1.165, 1.54) is 5.56 Å². The van der Waals surface area contributed by atoms with Crippen LogP contribution in [-0.2, 0) is 5.54 Å². The molecule has 4 nitrogen and oxygen atoms in total. The van der Waals surface area contributed by atoms with Crippen molar-refractivity contribution in [1.29, 1.82) is 0 Å². The van der Waals surface area contributed by atoms with Gasteiger partial charge in [0.15, 0.2) is 0 Å². The highest BCUT2D eigenvalue weighted by Gasteiger charge is 2.45. The molecular formula is C16H25N3O. The van der Waals surface area contributed by atoms with Gasteiger partial charge in [0.25, 0.3) is 0 Å². The zero-order chi connectivity index (χ0) is 14.4. The van der Waals surface area contributed by atoms with Gasteiger partial charge in [0.05, 0.1) is 5.54 Å². The monoisotopic (exact) mass is 275 g/mol. The molecule has 20 heavy (non-hydrogen) atoms. The predicted molar refractivity (Wildman–Crippen MR) is 81.7 cm³/mol. The first kappa shape index (κ1) is 14.9. The summed E-state index contributed by atoms with van der Waals surface area (Å²) in [4.78, 5) is 14.1. The normalized spacial score (nSPS) is 15.9. The van der Waals surface area contributed by atoms with Gasteiger partial charge < -0.3 is 15.5 Å². The van der Waals surface area contributed by atoms with E-state index in [4.69, 9.17) is 0 Å². The fraction of sp³-hybridized carbons (Fsp3) is 0.562. The Kier molecular flexibility index (Phi) is 5.01. The van der Waals surface area contributed by atoms with Crippen LogP contribution in [0.4, 0.5) is 4.79 Å². The number of carbonyl (C=O) groups excluding carboxylic acids is 1. The van der Waals surface area contributed by atoms with Crippen molar-refractivity contribution in [2.24, 2.45) is 0 Å². The minimum atomic E-state index is -0.116. The Morgan fingerprint density at radius 3 is 2.50 bits per heavy atom. The van der Waals surface area contributed by atoms with Crippen LogP contribution in [0.5, 0.6) is 0 Å². The molecule has 2 N–H and O–H groups in total. The van der Waals surface area contributed by atoms with E-state index in [1.807, 2.05) is 18.2 Å². The SMILES string of the molecule is CN(C)CCCCNC(=O)NC1(c2ccccc2)CC1. The highest BCUT2D eigenvalue weighted by Crippen LogP contribution is 2.45. The molecule has 2 amide bonds. The van der Waals surface area contributed by atoms with E-state index in [1.54, 1.807) is 0 Å². The summed E-state index contributed by atoms with van der Waals surface area (Å²) in [6, 6.07) is 10.2. The lowest BCUT2D eigenvalue weighted by Gasteiger charge is -2.18. The van der Waals surface area contributed by atoms with Crippen molar-refractivity contribution in [2.75, 3.05) is 27.2 Å². The molecule has 0 atom stereocenters. The van der Waals surface area contributed by atoms with Crippen LogP contribution in [-0.4, -0.2) is 38.1 Å². The molecule has 1 saturated carbocycles. The summed E-state index contributed by atoms with van der Waals surface area (Å²) in [6.45, 7) is 1.81. The van der Waals surface area contributed by atoms with E-state index in [0.29, 0.717) is 0 Å². The van der Waals surface area contributed by atoms with Crippen LogP contribution in [0.15, 0.2) is 30.3 Å². The topological polar surface area (TPSA) is 44.4 Å². The number of carbonyl (C=O) groups is 1.